The molecule has 2 aromatic rings. The molecular formula is C8H9N2S. The van der Waals surface area contributed by atoms with Crippen molar-refractivity contribution in [1.82, 2.24) is 9.38 Å². The highest BCUT2D eigenvalue weighted by molar-refractivity contribution is 7.15. The molecule has 0 unspecified atom stereocenters. The molecule has 0 spiro atoms. The van der Waals surface area contributed by atoms with Gasteiger partial charge in [-0.1, -0.05) is 6.92 Å². The van der Waals surface area contributed by atoms with Crippen LogP contribution >= 0.6 is 11.3 Å². The Balaban J connectivity index is 2.51. The van der Waals surface area contributed by atoms with E-state index in [4.69, 9.17) is 0 Å². The quantitative estimate of drug-likeness (QED) is 0.666. The van der Waals surface area contributed by atoms with E-state index in [9.17, 15) is 0 Å². The first-order valence-electron chi connectivity index (χ1n) is 3.60. The summed E-state index contributed by atoms with van der Waals surface area (Å²) >= 11 is 1.68. The number of hydrogen-bond acceptors (Lipinski definition) is 2. The van der Waals surface area contributed by atoms with E-state index in [-0.39, 0.29) is 0 Å². The van der Waals surface area contributed by atoms with E-state index in [1.165, 1.54) is 5.69 Å². The van der Waals surface area contributed by atoms with E-state index in [1.54, 1.807) is 11.3 Å². The smallest absolute Gasteiger partial charge is 0.193 e. The van der Waals surface area contributed by atoms with Gasteiger partial charge in [0.1, 0.15) is 0 Å². The highest BCUT2D eigenvalue weighted by atomic mass is 32.1. The molecule has 1 radical (unpaired) electrons. The van der Waals surface area contributed by atoms with Crippen LogP contribution in [-0.2, 0) is 6.42 Å². The summed E-state index contributed by atoms with van der Waals surface area (Å²) in [4.78, 5) is 5.26. The topological polar surface area (TPSA) is 17.3 Å². The van der Waals surface area contributed by atoms with Crippen LogP contribution in [-0.4, -0.2) is 9.38 Å². The minimum absolute atomic E-state index is 0.948. The second-order valence-corrected chi connectivity index (χ2v) is 3.25. The van der Waals surface area contributed by atoms with Crippen molar-refractivity contribution in [3.63, 3.8) is 0 Å². The summed E-state index contributed by atoms with van der Waals surface area (Å²) in [5, 5.41) is 2.15. The lowest BCUT2D eigenvalue weighted by Gasteiger charge is -1.92. The molecule has 2 rings (SSSR count). The lowest BCUT2D eigenvalue weighted by atomic mass is 10.3. The first-order chi connectivity index (χ1) is 5.42. The number of thiazole rings is 1. The predicted octanol–water partition coefficient (Wildman–Crippen LogP) is 2.16. The van der Waals surface area contributed by atoms with Crippen molar-refractivity contribution in [2.75, 3.05) is 0 Å². The van der Waals surface area contributed by atoms with Crippen LogP contribution in [0, 0.1) is 6.92 Å². The average molecular weight is 165 g/mol. The van der Waals surface area contributed by atoms with Gasteiger partial charge in [-0.05, 0) is 12.8 Å². The molecule has 57 valence electrons. The van der Waals surface area contributed by atoms with Gasteiger partial charge in [-0.15, -0.1) is 11.3 Å². The van der Waals surface area contributed by atoms with Gasteiger partial charge in [0.05, 0.1) is 0 Å². The van der Waals surface area contributed by atoms with Crippen LogP contribution in [0.2, 0.25) is 0 Å². The first kappa shape index (κ1) is 6.85. The fraction of sp³-hybridized carbons (Fsp3) is 0.250. The SMILES string of the molecule is [CH2]CCc1csc2nccn12. The molecule has 2 aromatic heterocycles. The molecule has 0 N–H and O–H groups in total. The zero-order valence-electron chi connectivity index (χ0n) is 6.16. The fourth-order valence-corrected chi connectivity index (χ4v) is 2.02. The van der Waals surface area contributed by atoms with Gasteiger partial charge >= 0.3 is 0 Å². The van der Waals surface area contributed by atoms with Crippen molar-refractivity contribution in [2.24, 2.45) is 0 Å². The van der Waals surface area contributed by atoms with E-state index in [0.717, 1.165) is 17.8 Å². The maximum absolute atomic E-state index is 4.18. The lowest BCUT2D eigenvalue weighted by molar-refractivity contribution is 0.924. The second-order valence-electron chi connectivity index (χ2n) is 2.41. The van der Waals surface area contributed by atoms with Gasteiger partial charge in [-0.2, -0.15) is 0 Å². The number of fused-ring (bicyclic) bond motifs is 1. The summed E-state index contributed by atoms with van der Waals surface area (Å²) in [5.74, 6) is 0. The van der Waals surface area contributed by atoms with Gasteiger partial charge < -0.3 is 0 Å². The van der Waals surface area contributed by atoms with Crippen molar-refractivity contribution in [1.29, 1.82) is 0 Å². The minimum Gasteiger partial charge on any atom is -0.295 e. The fourth-order valence-electron chi connectivity index (χ4n) is 1.13. The highest BCUT2D eigenvalue weighted by Gasteiger charge is 2.00. The largest absolute Gasteiger partial charge is 0.295 e. The third-order valence-electron chi connectivity index (χ3n) is 1.65. The highest BCUT2D eigenvalue weighted by Crippen LogP contribution is 2.15. The third-order valence-corrected chi connectivity index (χ3v) is 2.55. The maximum atomic E-state index is 4.18. The van der Waals surface area contributed by atoms with Crippen LogP contribution in [0.25, 0.3) is 4.96 Å². The van der Waals surface area contributed by atoms with E-state index < -0.39 is 0 Å². The van der Waals surface area contributed by atoms with Crippen LogP contribution in [0.15, 0.2) is 17.8 Å². The van der Waals surface area contributed by atoms with E-state index in [2.05, 4.69) is 21.7 Å². The van der Waals surface area contributed by atoms with Crippen LogP contribution in [0.5, 0.6) is 0 Å². The van der Waals surface area contributed by atoms with E-state index >= 15 is 0 Å². The Kier molecular flexibility index (Phi) is 1.66. The maximum Gasteiger partial charge on any atom is 0.193 e. The molecule has 11 heavy (non-hydrogen) atoms. The van der Waals surface area contributed by atoms with Gasteiger partial charge in [0.2, 0.25) is 0 Å². The second kappa shape index (κ2) is 2.66. The predicted molar refractivity (Wildman–Crippen MR) is 46.7 cm³/mol. The number of hydrogen-bond donors (Lipinski definition) is 0. The molecule has 0 fully saturated rings. The molecule has 0 aliphatic carbocycles. The molecular weight excluding hydrogens is 156 g/mol. The Morgan fingerprint density at radius 3 is 3.36 bits per heavy atom. The Bertz CT molecular complexity index is 347. The monoisotopic (exact) mass is 165 g/mol. The van der Waals surface area contributed by atoms with Crippen LogP contribution < -0.4 is 0 Å². The Hall–Kier alpha value is -0.830. The van der Waals surface area contributed by atoms with Crippen LogP contribution in [0.4, 0.5) is 0 Å². The van der Waals surface area contributed by atoms with Crippen molar-refractivity contribution < 1.29 is 0 Å². The lowest BCUT2D eigenvalue weighted by Crippen LogP contribution is -1.87. The van der Waals surface area contributed by atoms with Crippen molar-refractivity contribution in [3.8, 4) is 0 Å². The van der Waals surface area contributed by atoms with Crippen LogP contribution in [0.1, 0.15) is 12.1 Å². The standard InChI is InChI=1S/C8H9N2S/c1-2-3-7-6-11-8-9-4-5-10(7)8/h4-6H,1-3H2. The molecule has 0 aliphatic rings. The van der Waals surface area contributed by atoms with E-state index in [0.29, 0.717) is 0 Å². The summed E-state index contributed by atoms with van der Waals surface area (Å²) < 4.78 is 2.12. The summed E-state index contributed by atoms with van der Waals surface area (Å²) in [7, 11) is 0. The third kappa shape index (κ3) is 1.05. The summed E-state index contributed by atoms with van der Waals surface area (Å²) in [6.07, 6.45) is 5.82. The Morgan fingerprint density at radius 1 is 1.64 bits per heavy atom. The summed E-state index contributed by atoms with van der Waals surface area (Å²) in [5.41, 5.74) is 1.32. The number of imidazole rings is 1. The zero-order chi connectivity index (χ0) is 7.68. The molecule has 2 nitrogen and oxygen atoms in total. The summed E-state index contributed by atoms with van der Waals surface area (Å²) in [6, 6.07) is 0. The molecule has 0 saturated heterocycles. The average Bonchev–Trinajstić information content (AvgIpc) is 2.53. The van der Waals surface area contributed by atoms with Crippen LogP contribution in [0.3, 0.4) is 0 Å². The molecule has 0 aliphatic heterocycles. The molecule has 3 heteroatoms. The molecule has 0 amide bonds. The Labute approximate surface area is 69.5 Å². The Morgan fingerprint density at radius 2 is 2.55 bits per heavy atom. The van der Waals surface area contributed by atoms with Crippen molar-refractivity contribution >= 4 is 16.3 Å². The van der Waals surface area contributed by atoms with Crippen molar-refractivity contribution in [2.45, 2.75) is 12.8 Å². The normalized spacial score (nSPS) is 11.0. The molecule has 0 saturated carbocycles. The van der Waals surface area contributed by atoms with E-state index in [1.807, 2.05) is 12.4 Å². The molecule has 0 aromatic carbocycles. The van der Waals surface area contributed by atoms with Gasteiger partial charge in [0.15, 0.2) is 4.96 Å². The molecule has 2 heterocycles. The first-order valence-corrected chi connectivity index (χ1v) is 4.48. The summed E-state index contributed by atoms with van der Waals surface area (Å²) in [6.45, 7) is 3.82. The number of aryl methyl sites for hydroxylation is 1. The number of nitrogens with zero attached hydrogens (tertiary/aromatic N) is 2. The van der Waals surface area contributed by atoms with Crippen molar-refractivity contribution in [3.05, 3.63) is 30.4 Å². The van der Waals surface area contributed by atoms with Gasteiger partial charge in [0.25, 0.3) is 0 Å². The molecule has 0 bridgehead atoms. The molecule has 0 atom stereocenters. The zero-order valence-corrected chi connectivity index (χ0v) is 6.97. The minimum atomic E-state index is 0.948. The number of rotatable bonds is 2. The van der Waals surface area contributed by atoms with Gasteiger partial charge in [-0.25, -0.2) is 4.98 Å². The van der Waals surface area contributed by atoms with Gasteiger partial charge in [-0.3, -0.25) is 4.40 Å². The number of aromatic nitrogens is 2. The van der Waals surface area contributed by atoms with Gasteiger partial charge in [0, 0.05) is 23.5 Å².